The lowest BCUT2D eigenvalue weighted by molar-refractivity contribution is 0.0616. The molecule has 2 aliphatic heterocycles. The number of carbonyl (C=O) groups excluding carboxylic acids is 1. The van der Waals surface area contributed by atoms with E-state index in [0.717, 1.165) is 57.3 Å². The average molecular weight is 568 g/mol. The number of likely N-dealkylation sites (tertiary alicyclic amines) is 1. The summed E-state index contributed by atoms with van der Waals surface area (Å²) in [6, 6.07) is 20.1. The van der Waals surface area contributed by atoms with Crippen molar-refractivity contribution in [3.05, 3.63) is 93.0 Å². The molecule has 1 saturated heterocycles. The van der Waals surface area contributed by atoms with Crippen molar-refractivity contribution in [3.8, 4) is 11.5 Å². The molecular formula is C32H36Cl2N2O3. The Morgan fingerprint density at radius 2 is 1.77 bits per heavy atom. The van der Waals surface area contributed by atoms with Crippen molar-refractivity contribution in [2.24, 2.45) is 0 Å². The van der Waals surface area contributed by atoms with Crippen LogP contribution in [0.4, 0.5) is 0 Å². The zero-order valence-corrected chi connectivity index (χ0v) is 24.2. The van der Waals surface area contributed by atoms with Crippen molar-refractivity contribution in [2.45, 2.75) is 44.1 Å². The normalized spacial score (nSPS) is 19.4. The maximum atomic E-state index is 13.8. The number of hydrogen-bond acceptors (Lipinski definition) is 4. The first kappa shape index (κ1) is 27.8. The van der Waals surface area contributed by atoms with Crippen molar-refractivity contribution in [2.75, 3.05) is 40.4 Å². The van der Waals surface area contributed by atoms with Crippen LogP contribution in [0.1, 0.15) is 52.7 Å². The molecule has 3 aromatic carbocycles. The van der Waals surface area contributed by atoms with E-state index in [9.17, 15) is 4.79 Å². The molecule has 0 aliphatic carbocycles. The molecule has 5 rings (SSSR count). The molecule has 2 heterocycles. The first-order chi connectivity index (χ1) is 18.9. The fourth-order valence-electron chi connectivity index (χ4n) is 6.25. The van der Waals surface area contributed by atoms with Crippen LogP contribution in [-0.4, -0.2) is 56.1 Å². The highest BCUT2D eigenvalue weighted by molar-refractivity contribution is 6.42. The molecule has 1 fully saturated rings. The summed E-state index contributed by atoms with van der Waals surface area (Å²) in [4.78, 5) is 18.3. The van der Waals surface area contributed by atoms with Gasteiger partial charge in [-0.3, -0.25) is 9.69 Å². The van der Waals surface area contributed by atoms with E-state index in [1.165, 1.54) is 11.1 Å². The molecule has 39 heavy (non-hydrogen) atoms. The van der Waals surface area contributed by atoms with Crippen molar-refractivity contribution in [1.29, 1.82) is 0 Å². The monoisotopic (exact) mass is 566 g/mol. The zero-order chi connectivity index (χ0) is 27.4. The van der Waals surface area contributed by atoms with Crippen LogP contribution in [0.3, 0.4) is 0 Å². The molecule has 5 nitrogen and oxygen atoms in total. The summed E-state index contributed by atoms with van der Waals surface area (Å²) in [5.74, 6) is 1.16. The van der Waals surface area contributed by atoms with Gasteiger partial charge in [0, 0.05) is 37.7 Å². The molecule has 0 spiro atoms. The van der Waals surface area contributed by atoms with Crippen LogP contribution in [0.15, 0.2) is 60.7 Å². The molecule has 1 amide bonds. The van der Waals surface area contributed by atoms with Gasteiger partial charge in [0.25, 0.3) is 5.91 Å². The van der Waals surface area contributed by atoms with E-state index < -0.39 is 0 Å². The van der Waals surface area contributed by atoms with Crippen molar-refractivity contribution < 1.29 is 14.3 Å². The van der Waals surface area contributed by atoms with Gasteiger partial charge in [0.1, 0.15) is 11.5 Å². The molecular weight excluding hydrogens is 531 g/mol. The molecule has 1 atom stereocenters. The van der Waals surface area contributed by atoms with Gasteiger partial charge in [-0.25, -0.2) is 0 Å². The van der Waals surface area contributed by atoms with Crippen molar-refractivity contribution in [3.63, 3.8) is 0 Å². The summed E-state index contributed by atoms with van der Waals surface area (Å²) < 4.78 is 10.9. The largest absolute Gasteiger partial charge is 0.497 e. The van der Waals surface area contributed by atoms with E-state index in [-0.39, 0.29) is 11.3 Å². The predicted octanol–water partition coefficient (Wildman–Crippen LogP) is 7.02. The molecule has 1 unspecified atom stereocenters. The molecule has 3 aromatic rings. The van der Waals surface area contributed by atoms with Crippen molar-refractivity contribution >= 4 is 29.1 Å². The Labute approximate surface area is 241 Å². The standard InChI is InChI=1S/C32H36Cl2N2O3/c1-38-26-10-11-27(30(20-26)39-2)31(37)36-17-6-15-32(22-36,25-9-12-28(33)29(34)19-25)14-5-16-35-18-13-23-7-3-4-8-24(23)21-35/h3-4,7-12,19-20H,5-6,13-18,21-22H2,1-2H3. The summed E-state index contributed by atoms with van der Waals surface area (Å²) in [5.41, 5.74) is 4.41. The molecule has 0 radical (unpaired) electrons. The smallest absolute Gasteiger partial charge is 0.257 e. The molecule has 0 N–H and O–H groups in total. The van der Waals surface area contributed by atoms with Gasteiger partial charge in [-0.05, 0) is 79.6 Å². The highest BCUT2D eigenvalue weighted by Crippen LogP contribution is 2.41. The summed E-state index contributed by atoms with van der Waals surface area (Å²) in [6.07, 6.45) is 5.02. The van der Waals surface area contributed by atoms with E-state index in [4.69, 9.17) is 32.7 Å². The maximum absolute atomic E-state index is 13.8. The van der Waals surface area contributed by atoms with E-state index in [2.05, 4.69) is 35.2 Å². The zero-order valence-electron chi connectivity index (χ0n) is 22.7. The number of halogens is 2. The quantitative estimate of drug-likeness (QED) is 0.293. The third-order valence-corrected chi connectivity index (χ3v) is 9.11. The third-order valence-electron chi connectivity index (χ3n) is 8.37. The number of piperidine rings is 1. The summed E-state index contributed by atoms with van der Waals surface area (Å²) in [5, 5.41) is 1.11. The average Bonchev–Trinajstić information content (AvgIpc) is 2.97. The van der Waals surface area contributed by atoms with E-state index in [1.807, 2.05) is 23.1 Å². The number of amides is 1. The second-order valence-electron chi connectivity index (χ2n) is 10.7. The first-order valence-corrected chi connectivity index (χ1v) is 14.4. The fourth-order valence-corrected chi connectivity index (χ4v) is 6.54. The number of rotatable bonds is 8. The Balaban J connectivity index is 1.36. The number of fused-ring (bicyclic) bond motifs is 1. The Bertz CT molecular complexity index is 1330. The highest BCUT2D eigenvalue weighted by Gasteiger charge is 2.39. The topological polar surface area (TPSA) is 42.0 Å². The van der Waals surface area contributed by atoms with Gasteiger partial charge in [0.05, 0.1) is 29.8 Å². The maximum Gasteiger partial charge on any atom is 0.257 e. The van der Waals surface area contributed by atoms with E-state index >= 15 is 0 Å². The Morgan fingerprint density at radius 3 is 2.54 bits per heavy atom. The Morgan fingerprint density at radius 1 is 0.949 bits per heavy atom. The van der Waals surface area contributed by atoms with Crippen LogP contribution in [-0.2, 0) is 18.4 Å². The van der Waals surface area contributed by atoms with Gasteiger partial charge in [-0.2, -0.15) is 0 Å². The lowest BCUT2D eigenvalue weighted by atomic mass is 9.71. The SMILES string of the molecule is COc1ccc(C(=O)N2CCCC(CCCN3CCc4ccccc4C3)(c3ccc(Cl)c(Cl)c3)C2)c(OC)c1. The van der Waals surface area contributed by atoms with Gasteiger partial charge in [0.2, 0.25) is 0 Å². The number of carbonyl (C=O) groups is 1. The van der Waals surface area contributed by atoms with Gasteiger partial charge in [0.15, 0.2) is 0 Å². The number of benzene rings is 3. The second kappa shape index (κ2) is 12.2. The predicted molar refractivity (Wildman–Crippen MR) is 157 cm³/mol. The molecule has 0 saturated carbocycles. The first-order valence-electron chi connectivity index (χ1n) is 13.7. The molecule has 0 aromatic heterocycles. The minimum absolute atomic E-state index is 0.0220. The van der Waals surface area contributed by atoms with Crippen molar-refractivity contribution in [1.82, 2.24) is 9.80 Å². The van der Waals surface area contributed by atoms with Gasteiger partial charge in [-0.1, -0.05) is 53.5 Å². The van der Waals surface area contributed by atoms with Crippen LogP contribution >= 0.6 is 23.2 Å². The van der Waals surface area contributed by atoms with Gasteiger partial charge >= 0.3 is 0 Å². The molecule has 2 aliphatic rings. The van der Waals surface area contributed by atoms with E-state index in [0.29, 0.717) is 40.2 Å². The van der Waals surface area contributed by atoms with Gasteiger partial charge in [-0.15, -0.1) is 0 Å². The summed E-state index contributed by atoms with van der Waals surface area (Å²) in [6.45, 7) is 4.44. The third kappa shape index (κ3) is 6.06. The van der Waals surface area contributed by atoms with E-state index in [1.54, 1.807) is 26.4 Å². The lowest BCUT2D eigenvalue weighted by Gasteiger charge is -2.44. The molecule has 0 bridgehead atoms. The molecule has 206 valence electrons. The lowest BCUT2D eigenvalue weighted by Crippen LogP contribution is -2.49. The van der Waals surface area contributed by atoms with Crippen LogP contribution in [0.5, 0.6) is 11.5 Å². The Kier molecular flexibility index (Phi) is 8.70. The van der Waals surface area contributed by atoms with Gasteiger partial charge < -0.3 is 14.4 Å². The minimum atomic E-state index is -0.199. The van der Waals surface area contributed by atoms with Crippen LogP contribution in [0.25, 0.3) is 0 Å². The molecule has 7 heteroatoms. The number of hydrogen-bond donors (Lipinski definition) is 0. The fraction of sp³-hybridized carbons (Fsp3) is 0.406. The summed E-state index contributed by atoms with van der Waals surface area (Å²) in [7, 11) is 3.19. The van der Waals surface area contributed by atoms with Crippen LogP contribution in [0, 0.1) is 0 Å². The number of ether oxygens (including phenoxy) is 2. The summed E-state index contributed by atoms with van der Waals surface area (Å²) >= 11 is 12.8. The van der Waals surface area contributed by atoms with Crippen LogP contribution in [0.2, 0.25) is 10.0 Å². The minimum Gasteiger partial charge on any atom is -0.497 e. The number of nitrogens with zero attached hydrogens (tertiary/aromatic N) is 2. The second-order valence-corrected chi connectivity index (χ2v) is 11.5. The Hall–Kier alpha value is -2.73. The van der Waals surface area contributed by atoms with Crippen LogP contribution < -0.4 is 9.47 Å². The number of methoxy groups -OCH3 is 2. The highest BCUT2D eigenvalue weighted by atomic mass is 35.5.